The van der Waals surface area contributed by atoms with Gasteiger partial charge in [0.1, 0.15) is 0 Å². The Labute approximate surface area is 36.6 Å². The van der Waals surface area contributed by atoms with Crippen LogP contribution >= 0.6 is 8.16 Å². The molecule has 7 heteroatoms. The molecule has 0 bridgehead atoms. The topological polar surface area (TPSA) is 35.0 Å². The molecule has 48 valence electrons. The Balaban J connectivity index is 0. The first kappa shape index (κ1) is 10.1. The van der Waals surface area contributed by atoms with Gasteiger partial charge in [0.2, 0.25) is 0 Å². The Morgan fingerprint density at radius 2 is 0.714 bits per heavy atom. The van der Waals surface area contributed by atoms with Crippen molar-refractivity contribution in [3.05, 3.63) is 0 Å². The minimum Gasteiger partial charge on any atom is -0.344 e. The van der Waals surface area contributed by atoms with Crippen molar-refractivity contribution in [3.63, 3.8) is 0 Å². The first-order valence-electron chi connectivity index (χ1n) is 0.845. The van der Waals surface area contributed by atoms with Gasteiger partial charge in [-0.3, -0.25) is 0 Å². The van der Waals surface area contributed by atoms with E-state index < -0.39 is 8.16 Å². The summed E-state index contributed by atoms with van der Waals surface area (Å²) in [5, 5.41) is 0. The van der Waals surface area contributed by atoms with E-state index in [9.17, 15) is 21.0 Å². The van der Waals surface area contributed by atoms with E-state index in [0.29, 0.717) is 0 Å². The molecule has 0 heterocycles. The molecule has 3 N–H and O–H groups in total. The van der Waals surface area contributed by atoms with Gasteiger partial charge >= 0.3 is 29.1 Å². The quantitative estimate of drug-likeness (QED) is 0.410. The summed E-state index contributed by atoms with van der Waals surface area (Å²) in [5.74, 6) is 0. The normalized spacial score (nSPS) is 16.4. The van der Waals surface area contributed by atoms with Crippen molar-refractivity contribution in [1.82, 2.24) is 6.15 Å². The molecule has 0 aromatic carbocycles. The Bertz CT molecular complexity index is 41.3. The van der Waals surface area contributed by atoms with Gasteiger partial charge in [0.15, 0.2) is 0 Å². The molecule has 0 spiro atoms. The van der Waals surface area contributed by atoms with Crippen molar-refractivity contribution in [3.8, 4) is 0 Å². The van der Waals surface area contributed by atoms with Crippen molar-refractivity contribution < 1.29 is 21.0 Å². The standard InChI is InChI=1S/F5P.H3N/c1-6(2,3,4)5;/h;1H3. The van der Waals surface area contributed by atoms with Crippen LogP contribution in [0.5, 0.6) is 0 Å². The smallest absolute Gasteiger partial charge is 0.344 e. The van der Waals surface area contributed by atoms with Crippen LogP contribution in [0.2, 0.25) is 0 Å². The maximum Gasteiger partial charge on any atom is -0.344 e. The molecule has 7 heavy (non-hydrogen) atoms. The van der Waals surface area contributed by atoms with Crippen molar-refractivity contribution in [2.24, 2.45) is 0 Å². The maximum atomic E-state index is 9.84. The average Bonchev–Trinajstić information content (AvgIpc) is 0.650. The van der Waals surface area contributed by atoms with Crippen molar-refractivity contribution in [2.75, 3.05) is 0 Å². The monoisotopic (exact) mass is 143 g/mol. The fraction of sp³-hybridized carbons (Fsp3) is 0. The summed E-state index contributed by atoms with van der Waals surface area (Å²) in [6.45, 7) is 0. The van der Waals surface area contributed by atoms with E-state index in [-0.39, 0.29) is 6.15 Å². The molecule has 0 radical (unpaired) electrons. The molecule has 0 aliphatic heterocycles. The SMILES string of the molecule is FP(F)(F)(F)F.N. The van der Waals surface area contributed by atoms with Crippen LogP contribution in [0.4, 0.5) is 21.0 Å². The molecule has 0 aromatic heterocycles. The third kappa shape index (κ3) is 61600. The fourth-order valence-corrected chi connectivity index (χ4v) is 0. The largest absolute Gasteiger partial charge is 0.344 e. The maximum absolute atomic E-state index is 9.84. The van der Waals surface area contributed by atoms with Crippen LogP contribution in [0.3, 0.4) is 0 Å². The van der Waals surface area contributed by atoms with Crippen LogP contribution in [-0.4, -0.2) is 0 Å². The molecule has 0 unspecified atom stereocenters. The summed E-state index contributed by atoms with van der Waals surface area (Å²) in [6, 6.07) is 0. The minimum atomic E-state index is -8.55. The van der Waals surface area contributed by atoms with E-state index in [1.54, 1.807) is 0 Å². The predicted molar refractivity (Wildman–Crippen MR) is 17.5 cm³/mol. The van der Waals surface area contributed by atoms with E-state index in [1.165, 1.54) is 0 Å². The molecule has 0 fully saturated rings. The summed E-state index contributed by atoms with van der Waals surface area (Å²) in [7, 11) is -8.55. The summed E-state index contributed by atoms with van der Waals surface area (Å²) in [4.78, 5) is 0. The molecule has 0 aliphatic carbocycles. The summed E-state index contributed by atoms with van der Waals surface area (Å²) >= 11 is 0. The van der Waals surface area contributed by atoms with E-state index in [4.69, 9.17) is 0 Å². The van der Waals surface area contributed by atoms with E-state index in [2.05, 4.69) is 0 Å². The van der Waals surface area contributed by atoms with Gasteiger partial charge < -0.3 is 6.15 Å². The molecular formula is H3F5NP. The van der Waals surface area contributed by atoms with Gasteiger partial charge in [-0.05, 0) is 0 Å². The second-order valence-electron chi connectivity index (χ2n) is 0.639. The first-order chi connectivity index (χ1) is 2.24. The van der Waals surface area contributed by atoms with E-state index >= 15 is 0 Å². The first-order valence-corrected chi connectivity index (χ1v) is 2.54. The Morgan fingerprint density at radius 3 is 0.714 bits per heavy atom. The van der Waals surface area contributed by atoms with Crippen LogP contribution in [0.25, 0.3) is 0 Å². The zero-order valence-corrected chi connectivity index (χ0v) is 3.94. The van der Waals surface area contributed by atoms with Crippen molar-refractivity contribution in [2.45, 2.75) is 0 Å². The molecular weight excluding hydrogens is 140 g/mol. The van der Waals surface area contributed by atoms with Crippen LogP contribution in [0.1, 0.15) is 0 Å². The molecule has 0 saturated heterocycles. The summed E-state index contributed by atoms with van der Waals surface area (Å²) in [6.07, 6.45) is 0. The molecule has 1 nitrogen and oxygen atoms in total. The Morgan fingerprint density at radius 1 is 0.714 bits per heavy atom. The number of hydrogen-bond donors (Lipinski definition) is 1. The van der Waals surface area contributed by atoms with Gasteiger partial charge in [-0.1, -0.05) is 0 Å². The number of rotatable bonds is 0. The zero-order valence-electron chi connectivity index (χ0n) is 3.04. The minimum absolute atomic E-state index is 0. The van der Waals surface area contributed by atoms with Crippen LogP contribution in [-0.2, 0) is 0 Å². The second kappa shape index (κ2) is 1.52. The van der Waals surface area contributed by atoms with Gasteiger partial charge in [-0.2, -0.15) is 0 Å². The molecule has 0 rings (SSSR count). The summed E-state index contributed by atoms with van der Waals surface area (Å²) in [5.41, 5.74) is 0. The third-order valence-corrected chi connectivity index (χ3v) is 0. The molecule has 0 aliphatic rings. The molecule has 0 saturated carbocycles. The average molecular weight is 143 g/mol. The molecule has 0 amide bonds. The van der Waals surface area contributed by atoms with Crippen molar-refractivity contribution in [1.29, 1.82) is 0 Å². The van der Waals surface area contributed by atoms with Gasteiger partial charge in [-0.25, -0.2) is 0 Å². The van der Waals surface area contributed by atoms with E-state index in [1.807, 2.05) is 0 Å². The summed E-state index contributed by atoms with van der Waals surface area (Å²) < 4.78 is 49.2. The van der Waals surface area contributed by atoms with Crippen molar-refractivity contribution >= 4 is 8.16 Å². The predicted octanol–water partition coefficient (Wildman–Crippen LogP) is 3.12. The van der Waals surface area contributed by atoms with Gasteiger partial charge in [0.05, 0.1) is 0 Å². The van der Waals surface area contributed by atoms with Gasteiger partial charge in [0, 0.05) is 0 Å². The third-order valence-electron chi connectivity index (χ3n) is 0. The van der Waals surface area contributed by atoms with Gasteiger partial charge in [0.25, 0.3) is 0 Å². The Kier molecular flexibility index (Phi) is 2.20. The number of halogens is 5. The van der Waals surface area contributed by atoms with Crippen LogP contribution in [0, 0.1) is 0 Å². The molecule has 0 atom stereocenters. The Hall–Kier alpha value is 0.0400. The van der Waals surface area contributed by atoms with Crippen LogP contribution in [0.15, 0.2) is 0 Å². The van der Waals surface area contributed by atoms with Gasteiger partial charge in [-0.15, -0.1) is 0 Å². The van der Waals surface area contributed by atoms with E-state index in [0.717, 1.165) is 0 Å². The molecule has 0 aromatic rings. The fourth-order valence-electron chi connectivity index (χ4n) is 0. The number of hydrogen-bond acceptors (Lipinski definition) is 1. The second-order valence-corrected chi connectivity index (χ2v) is 1.92. The van der Waals surface area contributed by atoms with Crippen LogP contribution < -0.4 is 6.15 Å². The zero-order chi connectivity index (χ0) is 5.45.